The Morgan fingerprint density at radius 1 is 1.06 bits per heavy atom. The molecule has 0 spiro atoms. The normalized spacial score (nSPS) is 14.7. The fraction of sp³-hybridized carbons (Fsp3) is 0.360. The lowest BCUT2D eigenvalue weighted by atomic mass is 10.1. The minimum absolute atomic E-state index is 0.102. The molecule has 0 aliphatic carbocycles. The van der Waals surface area contributed by atoms with Crippen molar-refractivity contribution in [1.82, 2.24) is 10.2 Å². The van der Waals surface area contributed by atoms with Crippen LogP contribution in [0.5, 0.6) is 11.5 Å². The Kier molecular flexibility index (Phi) is 7.14. The van der Waals surface area contributed by atoms with Crippen LogP contribution in [0.4, 0.5) is 0 Å². The van der Waals surface area contributed by atoms with E-state index >= 15 is 0 Å². The molecule has 1 atom stereocenters. The van der Waals surface area contributed by atoms with Crippen molar-refractivity contribution < 1.29 is 28.2 Å². The molecule has 4 rings (SSSR count). The first-order valence-corrected chi connectivity index (χ1v) is 11.1. The van der Waals surface area contributed by atoms with Gasteiger partial charge in [-0.15, -0.1) is 0 Å². The molecule has 2 heterocycles. The van der Waals surface area contributed by atoms with Gasteiger partial charge in [0.2, 0.25) is 0 Å². The van der Waals surface area contributed by atoms with E-state index in [-0.39, 0.29) is 24.5 Å². The van der Waals surface area contributed by atoms with Crippen molar-refractivity contribution >= 4 is 22.8 Å². The number of benzene rings is 2. The van der Waals surface area contributed by atoms with E-state index in [0.29, 0.717) is 55.7 Å². The van der Waals surface area contributed by atoms with Gasteiger partial charge in [0.05, 0.1) is 25.9 Å². The van der Waals surface area contributed by atoms with E-state index in [2.05, 4.69) is 5.32 Å². The molecule has 1 aliphatic rings. The second kappa shape index (κ2) is 10.4. The van der Waals surface area contributed by atoms with E-state index in [1.807, 2.05) is 44.2 Å². The number of morpholine rings is 1. The van der Waals surface area contributed by atoms with Gasteiger partial charge in [0.25, 0.3) is 11.8 Å². The van der Waals surface area contributed by atoms with E-state index < -0.39 is 0 Å². The Bertz CT molecular complexity index is 1090. The van der Waals surface area contributed by atoms with Crippen LogP contribution in [0.3, 0.4) is 0 Å². The third-order valence-electron chi connectivity index (χ3n) is 5.44. The molecule has 174 valence electrons. The van der Waals surface area contributed by atoms with Crippen LogP contribution in [0.1, 0.15) is 36.0 Å². The van der Waals surface area contributed by atoms with E-state index in [1.165, 1.54) is 0 Å². The highest BCUT2D eigenvalue weighted by Crippen LogP contribution is 2.29. The molecule has 1 aromatic heterocycles. The smallest absolute Gasteiger partial charge is 0.260 e. The largest absolute Gasteiger partial charge is 0.490 e. The molecule has 1 fully saturated rings. The van der Waals surface area contributed by atoms with Gasteiger partial charge in [-0.2, -0.15) is 0 Å². The minimum Gasteiger partial charge on any atom is -0.490 e. The lowest BCUT2D eigenvalue weighted by Gasteiger charge is -2.26. The molecular formula is C25H28N2O6. The van der Waals surface area contributed by atoms with Gasteiger partial charge in [0.15, 0.2) is 18.1 Å². The van der Waals surface area contributed by atoms with Crippen LogP contribution in [0, 0.1) is 0 Å². The first-order valence-electron chi connectivity index (χ1n) is 11.1. The molecule has 0 bridgehead atoms. The number of furan rings is 1. The first-order chi connectivity index (χ1) is 16.0. The average Bonchev–Trinajstić information content (AvgIpc) is 3.28. The fourth-order valence-electron chi connectivity index (χ4n) is 3.65. The van der Waals surface area contributed by atoms with Crippen molar-refractivity contribution in [2.24, 2.45) is 0 Å². The Balaban J connectivity index is 1.42. The van der Waals surface area contributed by atoms with Crippen LogP contribution in [0.15, 0.2) is 52.9 Å². The monoisotopic (exact) mass is 452 g/mol. The van der Waals surface area contributed by atoms with Crippen LogP contribution in [-0.2, 0) is 9.53 Å². The molecule has 2 aromatic carbocycles. The standard InChI is InChI=1S/C25H28N2O6/c1-3-31-23-15-19(8-9-21(23)32-16-24(28)27-10-12-30-13-11-27)25(29)26-17(2)22-14-18-6-4-5-7-20(18)33-22/h4-9,14-15,17H,3,10-13,16H2,1-2H3,(H,26,29)/t17-/m0/s1. The van der Waals surface area contributed by atoms with Crippen LogP contribution in [-0.4, -0.2) is 56.2 Å². The van der Waals surface area contributed by atoms with Gasteiger partial charge in [-0.05, 0) is 44.2 Å². The molecule has 0 saturated carbocycles. The first kappa shape index (κ1) is 22.7. The zero-order valence-corrected chi connectivity index (χ0v) is 18.8. The summed E-state index contributed by atoms with van der Waals surface area (Å²) in [4.78, 5) is 26.9. The summed E-state index contributed by atoms with van der Waals surface area (Å²) in [7, 11) is 0. The second-order valence-corrected chi connectivity index (χ2v) is 7.76. The minimum atomic E-state index is -0.317. The van der Waals surface area contributed by atoms with E-state index in [0.717, 1.165) is 11.0 Å². The lowest BCUT2D eigenvalue weighted by Crippen LogP contribution is -2.43. The summed E-state index contributed by atoms with van der Waals surface area (Å²) in [5.74, 6) is 1.13. The number of para-hydroxylation sites is 1. The van der Waals surface area contributed by atoms with Gasteiger partial charge in [-0.3, -0.25) is 9.59 Å². The summed E-state index contributed by atoms with van der Waals surface area (Å²) in [5.41, 5.74) is 1.20. The van der Waals surface area contributed by atoms with Crippen molar-refractivity contribution in [3.8, 4) is 11.5 Å². The van der Waals surface area contributed by atoms with Crippen LogP contribution in [0.25, 0.3) is 11.0 Å². The van der Waals surface area contributed by atoms with E-state index in [4.69, 9.17) is 18.6 Å². The predicted molar refractivity (Wildman–Crippen MR) is 123 cm³/mol. The predicted octanol–water partition coefficient (Wildman–Crippen LogP) is 3.56. The van der Waals surface area contributed by atoms with Crippen LogP contribution >= 0.6 is 0 Å². The SMILES string of the molecule is CCOc1cc(C(=O)N[C@@H](C)c2cc3ccccc3o2)ccc1OCC(=O)N1CCOCC1. The Labute approximate surface area is 192 Å². The zero-order valence-electron chi connectivity index (χ0n) is 18.8. The van der Waals surface area contributed by atoms with Gasteiger partial charge < -0.3 is 28.8 Å². The van der Waals surface area contributed by atoms with Gasteiger partial charge in [-0.25, -0.2) is 0 Å². The lowest BCUT2D eigenvalue weighted by molar-refractivity contribution is -0.137. The molecule has 0 unspecified atom stereocenters. The van der Waals surface area contributed by atoms with Crippen LogP contribution < -0.4 is 14.8 Å². The molecule has 0 radical (unpaired) electrons. The summed E-state index contributed by atoms with van der Waals surface area (Å²) in [6, 6.07) is 14.2. The molecule has 2 amide bonds. The van der Waals surface area contributed by atoms with Gasteiger partial charge in [-0.1, -0.05) is 18.2 Å². The zero-order chi connectivity index (χ0) is 23.2. The van der Waals surface area contributed by atoms with Crippen molar-refractivity contribution in [3.63, 3.8) is 0 Å². The van der Waals surface area contributed by atoms with E-state index in [1.54, 1.807) is 23.1 Å². The Morgan fingerprint density at radius 3 is 2.61 bits per heavy atom. The molecule has 8 heteroatoms. The molecule has 3 aromatic rings. The molecule has 1 N–H and O–H groups in total. The number of carbonyl (C=O) groups excluding carboxylic acids is 2. The number of amides is 2. The number of nitrogens with zero attached hydrogens (tertiary/aromatic N) is 1. The number of carbonyl (C=O) groups is 2. The van der Waals surface area contributed by atoms with Crippen molar-refractivity contribution in [1.29, 1.82) is 0 Å². The average molecular weight is 453 g/mol. The maximum Gasteiger partial charge on any atom is 0.260 e. The summed E-state index contributed by atoms with van der Waals surface area (Å²) in [5, 5.41) is 3.94. The maximum atomic E-state index is 12.9. The topological polar surface area (TPSA) is 90.2 Å². The molecule has 8 nitrogen and oxygen atoms in total. The fourth-order valence-corrected chi connectivity index (χ4v) is 3.65. The number of hydrogen-bond acceptors (Lipinski definition) is 6. The third kappa shape index (κ3) is 5.46. The quantitative estimate of drug-likeness (QED) is 0.562. The summed E-state index contributed by atoms with van der Waals surface area (Å²) in [6.45, 7) is 6.19. The summed E-state index contributed by atoms with van der Waals surface area (Å²) in [6.07, 6.45) is 0. The highest BCUT2D eigenvalue weighted by molar-refractivity contribution is 5.95. The Morgan fingerprint density at radius 2 is 1.85 bits per heavy atom. The Hall–Kier alpha value is -3.52. The highest BCUT2D eigenvalue weighted by Gasteiger charge is 2.20. The van der Waals surface area contributed by atoms with Gasteiger partial charge >= 0.3 is 0 Å². The maximum absolute atomic E-state index is 12.9. The highest BCUT2D eigenvalue weighted by atomic mass is 16.5. The number of rotatable bonds is 8. The van der Waals surface area contributed by atoms with Gasteiger partial charge in [0, 0.05) is 24.0 Å². The molecular weight excluding hydrogens is 424 g/mol. The van der Waals surface area contributed by atoms with Crippen molar-refractivity contribution in [2.75, 3.05) is 39.5 Å². The summed E-state index contributed by atoms with van der Waals surface area (Å²) >= 11 is 0. The number of nitrogens with one attached hydrogen (secondary N) is 1. The third-order valence-corrected chi connectivity index (χ3v) is 5.44. The molecule has 1 saturated heterocycles. The number of fused-ring (bicyclic) bond motifs is 1. The van der Waals surface area contributed by atoms with Crippen molar-refractivity contribution in [3.05, 3.63) is 59.9 Å². The van der Waals surface area contributed by atoms with Gasteiger partial charge in [0.1, 0.15) is 11.3 Å². The summed E-state index contributed by atoms with van der Waals surface area (Å²) < 4.78 is 22.5. The van der Waals surface area contributed by atoms with Crippen LogP contribution in [0.2, 0.25) is 0 Å². The van der Waals surface area contributed by atoms with Crippen molar-refractivity contribution in [2.45, 2.75) is 19.9 Å². The number of hydrogen-bond donors (Lipinski definition) is 1. The number of ether oxygens (including phenoxy) is 3. The second-order valence-electron chi connectivity index (χ2n) is 7.76. The molecule has 33 heavy (non-hydrogen) atoms. The van der Waals surface area contributed by atoms with E-state index in [9.17, 15) is 9.59 Å². The molecule has 1 aliphatic heterocycles.